The maximum Gasteiger partial charge on any atom is 0.0984 e. The van der Waals surface area contributed by atoms with Crippen LogP contribution < -0.4 is 5.73 Å². The van der Waals surface area contributed by atoms with Crippen molar-refractivity contribution < 1.29 is 14.6 Å². The molecule has 0 bridgehead atoms. The van der Waals surface area contributed by atoms with Gasteiger partial charge in [-0.15, -0.1) is 0 Å². The van der Waals surface area contributed by atoms with Crippen molar-refractivity contribution in [1.82, 2.24) is 0 Å². The monoisotopic (exact) mass is 175 g/mol. The van der Waals surface area contributed by atoms with Crippen LogP contribution in [0.4, 0.5) is 0 Å². The lowest BCUT2D eigenvalue weighted by molar-refractivity contribution is -0.0257. The average Bonchev–Trinajstić information content (AvgIpc) is 2.29. The number of aliphatic hydroxyl groups excluding tert-OH is 1. The van der Waals surface area contributed by atoms with Crippen LogP contribution in [0.5, 0.6) is 0 Å². The van der Waals surface area contributed by atoms with Crippen LogP contribution in [0.3, 0.4) is 0 Å². The first-order valence-corrected chi connectivity index (χ1v) is 4.16. The van der Waals surface area contributed by atoms with Crippen molar-refractivity contribution in [1.29, 1.82) is 0 Å². The third kappa shape index (κ3) is 1.77. The van der Waals surface area contributed by atoms with Crippen LogP contribution in [-0.2, 0) is 9.47 Å². The smallest absolute Gasteiger partial charge is 0.0984 e. The predicted octanol–water partition coefficient (Wildman–Crippen LogP) is -0.644. The van der Waals surface area contributed by atoms with Crippen LogP contribution in [0.25, 0.3) is 0 Å². The Morgan fingerprint density at radius 3 is 2.58 bits per heavy atom. The molecule has 0 aromatic carbocycles. The molecule has 0 saturated heterocycles. The van der Waals surface area contributed by atoms with Gasteiger partial charge in [0.1, 0.15) is 0 Å². The van der Waals surface area contributed by atoms with Crippen molar-refractivity contribution in [3.8, 4) is 0 Å². The molecule has 0 aromatic rings. The minimum Gasteiger partial charge on any atom is -0.390 e. The van der Waals surface area contributed by atoms with Gasteiger partial charge in [-0.1, -0.05) is 0 Å². The Labute approximate surface area is 72.6 Å². The van der Waals surface area contributed by atoms with Gasteiger partial charge in [-0.05, 0) is 6.42 Å². The molecule has 0 spiro atoms. The molecule has 4 heteroatoms. The topological polar surface area (TPSA) is 64.7 Å². The minimum absolute atomic E-state index is 0.0647. The van der Waals surface area contributed by atoms with Crippen LogP contribution in [0, 0.1) is 5.92 Å². The van der Waals surface area contributed by atoms with E-state index in [9.17, 15) is 5.11 Å². The second-order valence-corrected chi connectivity index (χ2v) is 3.31. The molecule has 1 saturated carbocycles. The zero-order valence-corrected chi connectivity index (χ0v) is 7.56. The van der Waals surface area contributed by atoms with E-state index in [1.54, 1.807) is 14.2 Å². The van der Waals surface area contributed by atoms with Gasteiger partial charge in [0.2, 0.25) is 0 Å². The van der Waals surface area contributed by atoms with Crippen molar-refractivity contribution >= 4 is 0 Å². The fraction of sp³-hybridized carbons (Fsp3) is 1.00. The van der Waals surface area contributed by atoms with Crippen LogP contribution >= 0.6 is 0 Å². The molecule has 1 unspecified atom stereocenters. The standard InChI is InChI=1S/C8H17NO3/c1-11-4-5-3-6(9)8(12-2)7(5)10/h5-8,10H,3-4,9H2,1-2H3/t5-,6-,7?,8-/m1/s1. The molecule has 1 rings (SSSR count). The number of rotatable bonds is 3. The van der Waals surface area contributed by atoms with Gasteiger partial charge in [0.15, 0.2) is 0 Å². The maximum absolute atomic E-state index is 9.67. The normalized spacial score (nSPS) is 42.0. The summed E-state index contributed by atoms with van der Waals surface area (Å²) in [6, 6.07) is -0.0647. The molecular weight excluding hydrogens is 158 g/mol. The zero-order valence-electron chi connectivity index (χ0n) is 7.56. The first-order valence-electron chi connectivity index (χ1n) is 4.16. The molecule has 0 aromatic heterocycles. The van der Waals surface area contributed by atoms with Crippen molar-refractivity contribution in [3.63, 3.8) is 0 Å². The molecule has 1 aliphatic rings. The lowest BCUT2D eigenvalue weighted by Crippen LogP contribution is -2.37. The third-order valence-corrected chi connectivity index (χ3v) is 2.47. The number of methoxy groups -OCH3 is 2. The summed E-state index contributed by atoms with van der Waals surface area (Å²) >= 11 is 0. The number of nitrogens with two attached hydrogens (primary N) is 1. The van der Waals surface area contributed by atoms with Gasteiger partial charge in [0.25, 0.3) is 0 Å². The molecule has 1 aliphatic carbocycles. The molecular formula is C8H17NO3. The summed E-state index contributed by atoms with van der Waals surface area (Å²) < 4.78 is 10.0. The van der Waals surface area contributed by atoms with E-state index in [2.05, 4.69) is 0 Å². The Morgan fingerprint density at radius 1 is 1.50 bits per heavy atom. The molecule has 0 amide bonds. The average molecular weight is 175 g/mol. The first kappa shape index (κ1) is 9.92. The van der Waals surface area contributed by atoms with Gasteiger partial charge in [0.05, 0.1) is 18.8 Å². The zero-order chi connectivity index (χ0) is 9.14. The number of ether oxygens (including phenoxy) is 2. The van der Waals surface area contributed by atoms with E-state index < -0.39 is 6.10 Å². The molecule has 3 N–H and O–H groups in total. The third-order valence-electron chi connectivity index (χ3n) is 2.47. The van der Waals surface area contributed by atoms with Crippen molar-refractivity contribution in [2.45, 2.75) is 24.7 Å². The van der Waals surface area contributed by atoms with E-state index in [4.69, 9.17) is 15.2 Å². The summed E-state index contributed by atoms with van der Waals surface area (Å²) in [6.45, 7) is 0.550. The van der Waals surface area contributed by atoms with E-state index in [-0.39, 0.29) is 18.1 Å². The largest absolute Gasteiger partial charge is 0.390 e. The Hall–Kier alpha value is -0.160. The molecule has 1 fully saturated rings. The molecule has 0 aliphatic heterocycles. The van der Waals surface area contributed by atoms with E-state index >= 15 is 0 Å². The SMILES string of the molecule is COC[C@H]1C[C@@H](N)[C@@H](OC)C1O. The van der Waals surface area contributed by atoms with Gasteiger partial charge >= 0.3 is 0 Å². The highest BCUT2D eigenvalue weighted by molar-refractivity contribution is 4.94. The highest BCUT2D eigenvalue weighted by Gasteiger charge is 2.40. The van der Waals surface area contributed by atoms with Crippen LogP contribution in [-0.4, -0.2) is 44.2 Å². The summed E-state index contributed by atoms with van der Waals surface area (Å²) in [6.07, 6.45) is 0.0585. The highest BCUT2D eigenvalue weighted by Crippen LogP contribution is 2.27. The van der Waals surface area contributed by atoms with Crippen molar-refractivity contribution in [2.75, 3.05) is 20.8 Å². The lowest BCUT2D eigenvalue weighted by atomic mass is 10.1. The predicted molar refractivity (Wildman–Crippen MR) is 44.8 cm³/mol. The fourth-order valence-corrected chi connectivity index (χ4v) is 1.84. The van der Waals surface area contributed by atoms with Gasteiger partial charge in [-0.3, -0.25) is 0 Å². The molecule has 12 heavy (non-hydrogen) atoms. The van der Waals surface area contributed by atoms with Gasteiger partial charge in [0, 0.05) is 26.2 Å². The van der Waals surface area contributed by atoms with Gasteiger partial charge < -0.3 is 20.3 Å². The minimum atomic E-state index is -0.482. The number of hydrogen-bond acceptors (Lipinski definition) is 4. The van der Waals surface area contributed by atoms with E-state index in [1.165, 1.54) is 0 Å². The summed E-state index contributed by atoms with van der Waals surface area (Å²) in [7, 11) is 3.20. The summed E-state index contributed by atoms with van der Waals surface area (Å²) in [4.78, 5) is 0. The summed E-state index contributed by atoms with van der Waals surface area (Å²) in [5.74, 6) is 0.120. The Bertz CT molecular complexity index is 142. The fourth-order valence-electron chi connectivity index (χ4n) is 1.84. The Morgan fingerprint density at radius 2 is 2.17 bits per heavy atom. The van der Waals surface area contributed by atoms with E-state index in [1.807, 2.05) is 0 Å². The van der Waals surface area contributed by atoms with Gasteiger partial charge in [-0.25, -0.2) is 0 Å². The second-order valence-electron chi connectivity index (χ2n) is 3.31. The first-order chi connectivity index (χ1) is 5.70. The maximum atomic E-state index is 9.67. The van der Waals surface area contributed by atoms with E-state index in [0.29, 0.717) is 6.61 Å². The Kier molecular flexibility index (Phi) is 3.46. The molecule has 4 nitrogen and oxygen atoms in total. The lowest BCUT2D eigenvalue weighted by Gasteiger charge is -2.18. The van der Waals surface area contributed by atoms with Crippen molar-refractivity contribution in [2.24, 2.45) is 11.7 Å². The van der Waals surface area contributed by atoms with Crippen LogP contribution in [0.15, 0.2) is 0 Å². The second kappa shape index (κ2) is 4.18. The molecule has 72 valence electrons. The highest BCUT2D eigenvalue weighted by atomic mass is 16.5. The van der Waals surface area contributed by atoms with Crippen LogP contribution in [0.1, 0.15) is 6.42 Å². The summed E-state index contributed by atoms with van der Waals surface area (Å²) in [5, 5.41) is 9.67. The van der Waals surface area contributed by atoms with E-state index in [0.717, 1.165) is 6.42 Å². The Balaban J connectivity index is 2.49. The van der Waals surface area contributed by atoms with Gasteiger partial charge in [-0.2, -0.15) is 0 Å². The van der Waals surface area contributed by atoms with Crippen molar-refractivity contribution in [3.05, 3.63) is 0 Å². The number of aliphatic hydroxyl groups is 1. The number of hydrogen-bond donors (Lipinski definition) is 2. The molecule has 0 heterocycles. The molecule has 0 radical (unpaired) electrons. The van der Waals surface area contributed by atoms with Crippen LogP contribution in [0.2, 0.25) is 0 Å². The quantitative estimate of drug-likeness (QED) is 0.598. The summed E-state index contributed by atoms with van der Waals surface area (Å²) in [5.41, 5.74) is 5.76. The molecule has 4 atom stereocenters.